The molecule has 2 rings (SSSR count). The van der Waals surface area contributed by atoms with Gasteiger partial charge in [-0.2, -0.15) is 0 Å². The Kier molecular flexibility index (Phi) is 5.10. The summed E-state index contributed by atoms with van der Waals surface area (Å²) in [6.07, 6.45) is 0. The molecule has 8 nitrogen and oxygen atoms in total. The van der Waals surface area contributed by atoms with Crippen LogP contribution in [0, 0.1) is 0 Å². The van der Waals surface area contributed by atoms with E-state index < -0.39 is 35.8 Å². The predicted octanol–water partition coefficient (Wildman–Crippen LogP) is 0.901. The van der Waals surface area contributed by atoms with Gasteiger partial charge >= 0.3 is 17.8 Å². The minimum atomic E-state index is -1.00. The number of ether oxygens (including phenoxy) is 1. The van der Waals surface area contributed by atoms with E-state index in [-0.39, 0.29) is 6.54 Å². The lowest BCUT2D eigenvalue weighted by Gasteiger charge is -2.22. The second-order valence-electron chi connectivity index (χ2n) is 6.71. The highest BCUT2D eigenvalue weighted by Gasteiger charge is 2.45. The van der Waals surface area contributed by atoms with Crippen molar-refractivity contribution in [2.45, 2.75) is 32.9 Å². The summed E-state index contributed by atoms with van der Waals surface area (Å²) in [4.78, 5) is 50.0. The van der Waals surface area contributed by atoms with Crippen LogP contribution in [0.25, 0.3) is 0 Å². The van der Waals surface area contributed by atoms with Crippen molar-refractivity contribution in [3.63, 3.8) is 0 Å². The fourth-order valence-corrected chi connectivity index (χ4v) is 2.38. The van der Waals surface area contributed by atoms with Gasteiger partial charge in [0.25, 0.3) is 0 Å². The summed E-state index contributed by atoms with van der Waals surface area (Å²) in [6, 6.07) is 6.02. The molecule has 0 bridgehead atoms. The SMILES string of the molecule is COc1cccc(CN2C(=O)C(=O)N(CC(=O)NC(C)(C)C)C2=O)c1. The first-order chi connectivity index (χ1) is 11.6. The third-order valence-corrected chi connectivity index (χ3v) is 3.43. The first-order valence-corrected chi connectivity index (χ1v) is 7.73. The number of benzene rings is 1. The first kappa shape index (κ1) is 18.4. The zero-order valence-corrected chi connectivity index (χ0v) is 14.7. The van der Waals surface area contributed by atoms with Crippen LogP contribution >= 0.6 is 0 Å². The molecule has 25 heavy (non-hydrogen) atoms. The molecule has 0 spiro atoms. The van der Waals surface area contributed by atoms with Crippen molar-refractivity contribution in [3.05, 3.63) is 29.8 Å². The van der Waals surface area contributed by atoms with E-state index in [1.54, 1.807) is 45.0 Å². The Morgan fingerprint density at radius 3 is 2.36 bits per heavy atom. The molecule has 0 saturated carbocycles. The lowest BCUT2D eigenvalue weighted by Crippen LogP contribution is -2.47. The largest absolute Gasteiger partial charge is 0.497 e. The molecular formula is C17H21N3O5. The van der Waals surface area contributed by atoms with Gasteiger partial charge in [0.05, 0.1) is 13.7 Å². The van der Waals surface area contributed by atoms with Crippen molar-refractivity contribution in [2.24, 2.45) is 0 Å². The third-order valence-electron chi connectivity index (χ3n) is 3.43. The second kappa shape index (κ2) is 6.92. The monoisotopic (exact) mass is 347 g/mol. The normalized spacial score (nSPS) is 15.0. The van der Waals surface area contributed by atoms with Gasteiger partial charge in [0.1, 0.15) is 12.3 Å². The van der Waals surface area contributed by atoms with E-state index >= 15 is 0 Å². The highest BCUT2D eigenvalue weighted by atomic mass is 16.5. The van der Waals surface area contributed by atoms with Crippen molar-refractivity contribution >= 4 is 23.8 Å². The number of amides is 5. The minimum absolute atomic E-state index is 0.0714. The van der Waals surface area contributed by atoms with E-state index in [1.165, 1.54) is 7.11 Å². The van der Waals surface area contributed by atoms with E-state index in [1.807, 2.05) is 0 Å². The molecule has 1 aromatic carbocycles. The summed E-state index contributed by atoms with van der Waals surface area (Å²) >= 11 is 0. The van der Waals surface area contributed by atoms with Gasteiger partial charge in [0, 0.05) is 5.54 Å². The quantitative estimate of drug-likeness (QED) is 0.631. The topological polar surface area (TPSA) is 96.0 Å². The number of rotatable bonds is 5. The molecule has 134 valence electrons. The van der Waals surface area contributed by atoms with E-state index in [0.29, 0.717) is 16.2 Å². The van der Waals surface area contributed by atoms with Gasteiger partial charge in [-0.15, -0.1) is 0 Å². The van der Waals surface area contributed by atoms with E-state index in [0.717, 1.165) is 4.90 Å². The van der Waals surface area contributed by atoms with Crippen LogP contribution in [-0.4, -0.2) is 52.7 Å². The van der Waals surface area contributed by atoms with Gasteiger partial charge in [0.2, 0.25) is 5.91 Å². The summed E-state index contributed by atoms with van der Waals surface area (Å²) in [7, 11) is 1.50. The molecule has 1 N–H and O–H groups in total. The van der Waals surface area contributed by atoms with Crippen molar-refractivity contribution in [1.82, 2.24) is 15.1 Å². The van der Waals surface area contributed by atoms with Crippen LogP contribution in [0.4, 0.5) is 4.79 Å². The molecule has 0 radical (unpaired) electrons. The Morgan fingerprint density at radius 2 is 1.76 bits per heavy atom. The van der Waals surface area contributed by atoms with Crippen molar-refractivity contribution in [2.75, 3.05) is 13.7 Å². The Balaban J connectivity index is 2.11. The molecular weight excluding hydrogens is 326 g/mol. The number of urea groups is 1. The number of hydrogen-bond donors (Lipinski definition) is 1. The second-order valence-corrected chi connectivity index (χ2v) is 6.71. The van der Waals surface area contributed by atoms with Gasteiger partial charge < -0.3 is 10.1 Å². The summed E-state index contributed by atoms with van der Waals surface area (Å²) in [5, 5.41) is 2.65. The molecule has 1 aliphatic heterocycles. The average molecular weight is 347 g/mol. The van der Waals surface area contributed by atoms with Crippen LogP contribution in [-0.2, 0) is 20.9 Å². The van der Waals surface area contributed by atoms with Crippen LogP contribution < -0.4 is 10.1 Å². The maximum Gasteiger partial charge on any atom is 0.335 e. The lowest BCUT2D eigenvalue weighted by molar-refractivity contribution is -0.144. The van der Waals surface area contributed by atoms with E-state index in [9.17, 15) is 19.2 Å². The number of imide groups is 2. The highest BCUT2D eigenvalue weighted by molar-refractivity contribution is 6.44. The number of methoxy groups -OCH3 is 1. The Morgan fingerprint density at radius 1 is 1.12 bits per heavy atom. The molecule has 8 heteroatoms. The van der Waals surface area contributed by atoms with Gasteiger partial charge in [-0.1, -0.05) is 12.1 Å². The van der Waals surface area contributed by atoms with Gasteiger partial charge in [-0.25, -0.2) is 9.69 Å². The van der Waals surface area contributed by atoms with Crippen LogP contribution in [0.15, 0.2) is 24.3 Å². The Labute approximate surface area is 145 Å². The van der Waals surface area contributed by atoms with Crippen molar-refractivity contribution < 1.29 is 23.9 Å². The molecule has 5 amide bonds. The zero-order chi connectivity index (χ0) is 18.8. The van der Waals surface area contributed by atoms with E-state index in [4.69, 9.17) is 4.74 Å². The molecule has 1 saturated heterocycles. The molecule has 0 unspecified atom stereocenters. The molecule has 1 aromatic rings. The molecule has 0 atom stereocenters. The zero-order valence-electron chi connectivity index (χ0n) is 14.7. The minimum Gasteiger partial charge on any atom is -0.497 e. The summed E-state index contributed by atoms with van der Waals surface area (Å²) in [6.45, 7) is 4.77. The van der Waals surface area contributed by atoms with Crippen LogP contribution in [0.1, 0.15) is 26.3 Å². The highest BCUT2D eigenvalue weighted by Crippen LogP contribution is 2.19. The molecule has 1 heterocycles. The average Bonchev–Trinajstić information content (AvgIpc) is 2.71. The number of nitrogens with zero attached hydrogens (tertiary/aromatic N) is 2. The maximum absolute atomic E-state index is 12.4. The third kappa shape index (κ3) is 4.34. The number of hydrogen-bond acceptors (Lipinski definition) is 5. The number of carbonyl (C=O) groups excluding carboxylic acids is 4. The van der Waals surface area contributed by atoms with Crippen LogP contribution in [0.2, 0.25) is 0 Å². The number of nitrogens with one attached hydrogen (secondary N) is 1. The summed E-state index contributed by atoms with van der Waals surface area (Å²) in [5.74, 6) is -1.89. The first-order valence-electron chi connectivity index (χ1n) is 7.73. The predicted molar refractivity (Wildman–Crippen MR) is 88.5 cm³/mol. The summed E-state index contributed by atoms with van der Waals surface area (Å²) < 4.78 is 5.10. The lowest BCUT2D eigenvalue weighted by atomic mass is 10.1. The molecule has 0 aromatic heterocycles. The van der Waals surface area contributed by atoms with Gasteiger partial charge in [-0.3, -0.25) is 19.3 Å². The maximum atomic E-state index is 12.4. The fourth-order valence-electron chi connectivity index (χ4n) is 2.38. The molecule has 1 fully saturated rings. The van der Waals surface area contributed by atoms with Gasteiger partial charge in [-0.05, 0) is 38.5 Å². The number of carbonyl (C=O) groups is 4. The van der Waals surface area contributed by atoms with Crippen molar-refractivity contribution in [1.29, 1.82) is 0 Å². The molecule has 0 aliphatic carbocycles. The van der Waals surface area contributed by atoms with Crippen molar-refractivity contribution in [3.8, 4) is 5.75 Å². The smallest absolute Gasteiger partial charge is 0.335 e. The van der Waals surface area contributed by atoms with Crippen LogP contribution in [0.5, 0.6) is 5.75 Å². The standard InChI is InChI=1S/C17H21N3O5/c1-17(2,3)18-13(21)10-20-15(23)14(22)19(16(20)24)9-11-6-5-7-12(8-11)25-4/h5-8H,9-10H2,1-4H3,(H,18,21). The van der Waals surface area contributed by atoms with Gasteiger partial charge in [0.15, 0.2) is 0 Å². The molecule has 1 aliphatic rings. The van der Waals surface area contributed by atoms with Crippen LogP contribution in [0.3, 0.4) is 0 Å². The Hall–Kier alpha value is -2.90. The summed E-state index contributed by atoms with van der Waals surface area (Å²) in [5.41, 5.74) is 0.127. The fraction of sp³-hybridized carbons (Fsp3) is 0.412. The van der Waals surface area contributed by atoms with E-state index in [2.05, 4.69) is 5.32 Å². The Bertz CT molecular complexity index is 723.